The Kier molecular flexibility index (Phi) is 5.39. The van der Waals surface area contributed by atoms with E-state index in [2.05, 4.69) is 40.4 Å². The number of ether oxygens (including phenoxy) is 1. The summed E-state index contributed by atoms with van der Waals surface area (Å²) < 4.78 is 49.4. The van der Waals surface area contributed by atoms with Crippen LogP contribution in [0.25, 0.3) is 17.2 Å². The Morgan fingerprint density at radius 3 is 2.65 bits per heavy atom. The van der Waals surface area contributed by atoms with Gasteiger partial charge in [0, 0.05) is 24.1 Å². The minimum absolute atomic E-state index is 0.0588. The molecular weight excluding hydrogens is 465 g/mol. The summed E-state index contributed by atoms with van der Waals surface area (Å²) in [5.74, 6) is 0.501. The number of sulfonamides is 1. The topological polar surface area (TPSA) is 153 Å². The molecule has 5 rings (SSSR count). The molecule has 0 atom stereocenters. The van der Waals surface area contributed by atoms with Gasteiger partial charge in [-0.2, -0.15) is 10.3 Å². The van der Waals surface area contributed by atoms with E-state index < -0.39 is 15.8 Å². The summed E-state index contributed by atoms with van der Waals surface area (Å²) in [5.41, 5.74) is 0.178. The number of aromatic nitrogens is 8. The molecule has 0 amide bonds. The quantitative estimate of drug-likeness (QED) is 0.358. The molecule has 0 saturated heterocycles. The Morgan fingerprint density at radius 2 is 1.91 bits per heavy atom. The summed E-state index contributed by atoms with van der Waals surface area (Å²) >= 11 is 0. The van der Waals surface area contributed by atoms with Gasteiger partial charge in [-0.15, -0.1) is 10.2 Å². The highest BCUT2D eigenvalue weighted by Gasteiger charge is 2.19. The van der Waals surface area contributed by atoms with Gasteiger partial charge in [-0.05, 0) is 53.7 Å². The predicted octanol–water partition coefficient (Wildman–Crippen LogP) is 2.57. The third-order valence-electron chi connectivity index (χ3n) is 4.53. The first-order chi connectivity index (χ1) is 16.5. The molecule has 3 aromatic heterocycles. The molecule has 0 aliphatic heterocycles. The standard InChI is InChI=1S/C20H14FN9O3S/c21-17-7-6-15(10-16(17)20-25-28-29-26-20)34(31,32)27-13-2-4-14(5-3-13)33-19-11-18(22-12-23-19)30-9-1-8-24-30/h1-12,27H,(H,25,26,28,29). The number of aromatic amines is 1. The van der Waals surface area contributed by atoms with Crippen molar-refractivity contribution in [3.8, 4) is 28.8 Å². The number of benzene rings is 2. The summed E-state index contributed by atoms with van der Waals surface area (Å²) in [4.78, 5) is 8.03. The van der Waals surface area contributed by atoms with E-state index in [0.717, 1.165) is 18.2 Å². The van der Waals surface area contributed by atoms with E-state index in [-0.39, 0.29) is 27.9 Å². The lowest BCUT2D eigenvalue weighted by Gasteiger charge is -2.10. The van der Waals surface area contributed by atoms with Crippen molar-refractivity contribution in [3.05, 3.63) is 79.1 Å². The number of tetrazole rings is 1. The van der Waals surface area contributed by atoms with Crippen LogP contribution in [0, 0.1) is 5.82 Å². The van der Waals surface area contributed by atoms with Gasteiger partial charge >= 0.3 is 0 Å². The van der Waals surface area contributed by atoms with Crippen LogP contribution >= 0.6 is 0 Å². The van der Waals surface area contributed by atoms with Crippen LogP contribution in [0.1, 0.15) is 0 Å². The first-order valence-electron chi connectivity index (χ1n) is 9.64. The number of halogens is 1. The summed E-state index contributed by atoms with van der Waals surface area (Å²) in [5, 5.41) is 17.0. The highest BCUT2D eigenvalue weighted by molar-refractivity contribution is 7.92. The number of H-pyrrole nitrogens is 1. The molecule has 0 spiro atoms. The lowest BCUT2D eigenvalue weighted by molar-refractivity contribution is 0.460. The Bertz CT molecular complexity index is 1520. The summed E-state index contributed by atoms with van der Waals surface area (Å²) in [7, 11) is -4.02. The van der Waals surface area contributed by atoms with Crippen LogP contribution in [-0.2, 0) is 10.0 Å². The van der Waals surface area contributed by atoms with Crippen LogP contribution in [-0.4, -0.2) is 48.8 Å². The second-order valence-electron chi connectivity index (χ2n) is 6.77. The molecule has 0 fully saturated rings. The smallest absolute Gasteiger partial charge is 0.261 e. The first kappa shape index (κ1) is 21.1. The van der Waals surface area contributed by atoms with Gasteiger partial charge in [0.2, 0.25) is 11.7 Å². The Balaban J connectivity index is 1.32. The molecule has 0 aliphatic carbocycles. The van der Waals surface area contributed by atoms with E-state index in [4.69, 9.17) is 4.74 Å². The SMILES string of the molecule is O=S(=O)(Nc1ccc(Oc2cc(-n3cccn3)ncn2)cc1)c1ccc(F)c(-c2nn[nH]n2)c1. The molecule has 2 N–H and O–H groups in total. The van der Waals surface area contributed by atoms with Crippen molar-refractivity contribution >= 4 is 15.7 Å². The molecule has 2 aromatic carbocycles. The molecule has 0 bridgehead atoms. The van der Waals surface area contributed by atoms with Crippen molar-refractivity contribution in [2.24, 2.45) is 0 Å². The van der Waals surface area contributed by atoms with Crippen molar-refractivity contribution in [2.75, 3.05) is 4.72 Å². The number of rotatable bonds is 7. The zero-order valence-corrected chi connectivity index (χ0v) is 17.9. The fourth-order valence-electron chi connectivity index (χ4n) is 2.96. The van der Waals surface area contributed by atoms with Gasteiger partial charge in [-0.25, -0.2) is 27.5 Å². The third-order valence-corrected chi connectivity index (χ3v) is 5.91. The fraction of sp³-hybridized carbons (Fsp3) is 0. The van der Waals surface area contributed by atoms with Crippen LogP contribution in [0.4, 0.5) is 10.1 Å². The molecule has 0 saturated carbocycles. The molecule has 0 radical (unpaired) electrons. The van der Waals surface area contributed by atoms with Crippen LogP contribution in [0.5, 0.6) is 11.6 Å². The maximum atomic E-state index is 14.1. The van der Waals surface area contributed by atoms with E-state index >= 15 is 0 Å². The summed E-state index contributed by atoms with van der Waals surface area (Å²) in [6, 6.07) is 12.9. The number of nitrogens with one attached hydrogen (secondary N) is 2. The Labute approximate surface area is 191 Å². The van der Waals surface area contributed by atoms with Gasteiger partial charge in [0.05, 0.1) is 10.5 Å². The maximum absolute atomic E-state index is 14.1. The van der Waals surface area contributed by atoms with E-state index in [9.17, 15) is 12.8 Å². The average molecular weight is 479 g/mol. The molecule has 34 heavy (non-hydrogen) atoms. The zero-order chi connectivity index (χ0) is 23.5. The fourth-order valence-corrected chi connectivity index (χ4v) is 4.04. The van der Waals surface area contributed by atoms with Crippen LogP contribution < -0.4 is 9.46 Å². The van der Waals surface area contributed by atoms with Gasteiger partial charge in [0.15, 0.2) is 5.82 Å². The van der Waals surface area contributed by atoms with Crippen molar-refractivity contribution < 1.29 is 17.5 Å². The zero-order valence-electron chi connectivity index (χ0n) is 17.1. The number of nitrogens with zero attached hydrogens (tertiary/aromatic N) is 7. The average Bonchev–Trinajstić information content (AvgIpc) is 3.55. The van der Waals surface area contributed by atoms with Crippen molar-refractivity contribution in [3.63, 3.8) is 0 Å². The van der Waals surface area contributed by atoms with Gasteiger partial charge in [-0.3, -0.25) is 4.72 Å². The van der Waals surface area contributed by atoms with E-state index in [0.29, 0.717) is 11.6 Å². The largest absolute Gasteiger partial charge is 0.439 e. The second-order valence-corrected chi connectivity index (χ2v) is 8.46. The normalized spacial score (nSPS) is 11.3. The van der Waals surface area contributed by atoms with E-state index in [1.54, 1.807) is 41.3 Å². The van der Waals surface area contributed by atoms with E-state index in [1.165, 1.54) is 18.5 Å². The van der Waals surface area contributed by atoms with Crippen molar-refractivity contribution in [1.82, 2.24) is 40.4 Å². The minimum atomic E-state index is -4.02. The molecule has 0 aliphatic rings. The second kappa shape index (κ2) is 8.67. The molecule has 0 unspecified atom stereocenters. The Hall–Kier alpha value is -4.72. The van der Waals surface area contributed by atoms with Gasteiger partial charge < -0.3 is 4.74 Å². The monoisotopic (exact) mass is 479 g/mol. The van der Waals surface area contributed by atoms with Gasteiger partial charge in [0.25, 0.3) is 10.0 Å². The van der Waals surface area contributed by atoms with Crippen molar-refractivity contribution in [1.29, 1.82) is 0 Å². The first-order valence-corrected chi connectivity index (χ1v) is 11.1. The predicted molar refractivity (Wildman–Crippen MR) is 116 cm³/mol. The highest BCUT2D eigenvalue weighted by Crippen LogP contribution is 2.26. The van der Waals surface area contributed by atoms with Gasteiger partial charge in [0.1, 0.15) is 17.9 Å². The lowest BCUT2D eigenvalue weighted by Crippen LogP contribution is -2.13. The molecule has 5 aromatic rings. The molecule has 12 nitrogen and oxygen atoms in total. The maximum Gasteiger partial charge on any atom is 0.261 e. The molecule has 3 heterocycles. The Morgan fingerprint density at radius 1 is 1.06 bits per heavy atom. The van der Waals surface area contributed by atoms with E-state index in [1.807, 2.05) is 0 Å². The van der Waals surface area contributed by atoms with Crippen LogP contribution in [0.15, 0.2) is 78.2 Å². The summed E-state index contributed by atoms with van der Waals surface area (Å²) in [6.45, 7) is 0. The number of anilines is 1. The van der Waals surface area contributed by atoms with Crippen molar-refractivity contribution in [2.45, 2.75) is 4.90 Å². The number of hydrogen-bond acceptors (Lipinski definition) is 9. The molecule has 170 valence electrons. The molecular formula is C20H14FN9O3S. The van der Waals surface area contributed by atoms with Crippen LogP contribution in [0.2, 0.25) is 0 Å². The lowest BCUT2D eigenvalue weighted by atomic mass is 10.2. The van der Waals surface area contributed by atoms with Gasteiger partial charge in [-0.1, -0.05) is 0 Å². The number of hydrogen-bond donors (Lipinski definition) is 2. The highest BCUT2D eigenvalue weighted by atomic mass is 32.2. The molecule has 14 heteroatoms. The van der Waals surface area contributed by atoms with Crippen LogP contribution in [0.3, 0.4) is 0 Å². The third kappa shape index (κ3) is 4.42. The summed E-state index contributed by atoms with van der Waals surface area (Å²) in [6.07, 6.45) is 4.71. The minimum Gasteiger partial charge on any atom is -0.439 e.